The summed E-state index contributed by atoms with van der Waals surface area (Å²) in [5, 5.41) is 6.23. The summed E-state index contributed by atoms with van der Waals surface area (Å²) in [5.41, 5.74) is 7.16. The van der Waals surface area contributed by atoms with Gasteiger partial charge in [-0.1, -0.05) is 0 Å². The Bertz CT molecular complexity index is 1230. The highest BCUT2D eigenvalue weighted by Crippen LogP contribution is 2.25. The largest absolute Gasteiger partial charge is 0.496 e. The number of nitrogens with one attached hydrogen (secondary N) is 3. The molecule has 0 aliphatic heterocycles. The topological polar surface area (TPSA) is 148 Å². The van der Waals surface area contributed by atoms with Gasteiger partial charge in [-0.3, -0.25) is 9.52 Å². The molecule has 0 atom stereocenters. The van der Waals surface area contributed by atoms with E-state index < -0.39 is 15.9 Å². The van der Waals surface area contributed by atoms with Gasteiger partial charge in [0.2, 0.25) is 5.95 Å². The fraction of sp³-hybridized carbons (Fsp3) is 0.190. The Hall–Kier alpha value is -3.86. The molecule has 5 N–H and O–H groups in total. The molecule has 0 aliphatic carbocycles. The maximum atomic E-state index is 12.7. The molecule has 32 heavy (non-hydrogen) atoms. The van der Waals surface area contributed by atoms with Crippen molar-refractivity contribution in [3.63, 3.8) is 0 Å². The van der Waals surface area contributed by atoms with Crippen molar-refractivity contribution < 1.29 is 17.9 Å². The number of hydrogen-bond donors (Lipinski definition) is 4. The van der Waals surface area contributed by atoms with Crippen LogP contribution in [-0.2, 0) is 10.0 Å². The maximum Gasteiger partial charge on any atom is 0.261 e. The molecule has 0 bridgehead atoms. The zero-order valence-electron chi connectivity index (χ0n) is 17.8. The summed E-state index contributed by atoms with van der Waals surface area (Å²) in [6.45, 7) is 4.53. The SMILES string of the molecule is CCNc1nc(C)cc(Nc2ccc(NS(=O)(=O)c3ccc(OC)c(C(N)=O)c3)cc2)n1. The van der Waals surface area contributed by atoms with E-state index >= 15 is 0 Å². The van der Waals surface area contributed by atoms with Gasteiger partial charge in [-0.2, -0.15) is 4.98 Å². The Morgan fingerprint density at radius 1 is 1.06 bits per heavy atom. The first kappa shape index (κ1) is 22.8. The van der Waals surface area contributed by atoms with Gasteiger partial charge < -0.3 is 21.1 Å². The van der Waals surface area contributed by atoms with Crippen molar-refractivity contribution in [1.29, 1.82) is 0 Å². The number of nitrogens with two attached hydrogens (primary N) is 1. The molecule has 0 saturated carbocycles. The lowest BCUT2D eigenvalue weighted by Crippen LogP contribution is -2.16. The number of primary amides is 1. The summed E-state index contributed by atoms with van der Waals surface area (Å²) >= 11 is 0. The molecule has 10 nitrogen and oxygen atoms in total. The zero-order chi connectivity index (χ0) is 23.3. The molecule has 0 unspecified atom stereocenters. The van der Waals surface area contributed by atoms with Crippen molar-refractivity contribution in [3.8, 4) is 5.75 Å². The quantitative estimate of drug-likeness (QED) is 0.384. The number of aryl methyl sites for hydroxylation is 1. The number of carbonyl (C=O) groups excluding carboxylic acids is 1. The van der Waals surface area contributed by atoms with Crippen LogP contribution in [0.5, 0.6) is 5.75 Å². The zero-order valence-corrected chi connectivity index (χ0v) is 18.7. The number of anilines is 4. The first-order valence-electron chi connectivity index (χ1n) is 9.69. The molecule has 3 aromatic rings. The minimum absolute atomic E-state index is 0.0213. The van der Waals surface area contributed by atoms with Gasteiger partial charge in [-0.25, -0.2) is 13.4 Å². The van der Waals surface area contributed by atoms with E-state index in [1.807, 2.05) is 13.8 Å². The van der Waals surface area contributed by atoms with Crippen molar-refractivity contribution in [2.75, 3.05) is 29.0 Å². The van der Waals surface area contributed by atoms with E-state index in [1.165, 1.54) is 25.3 Å². The van der Waals surface area contributed by atoms with Gasteiger partial charge in [0.25, 0.3) is 15.9 Å². The van der Waals surface area contributed by atoms with Gasteiger partial charge in [0.05, 0.1) is 17.6 Å². The molecule has 1 aromatic heterocycles. The summed E-state index contributed by atoms with van der Waals surface area (Å²) < 4.78 is 33.0. The molecular formula is C21H24N6O4S. The molecule has 0 saturated heterocycles. The lowest BCUT2D eigenvalue weighted by atomic mass is 10.2. The summed E-state index contributed by atoms with van der Waals surface area (Å²) in [7, 11) is -2.58. The molecule has 0 fully saturated rings. The monoisotopic (exact) mass is 456 g/mol. The number of hydrogen-bond acceptors (Lipinski definition) is 8. The minimum Gasteiger partial charge on any atom is -0.496 e. The number of sulfonamides is 1. The molecule has 168 valence electrons. The smallest absolute Gasteiger partial charge is 0.261 e. The van der Waals surface area contributed by atoms with Gasteiger partial charge in [0.1, 0.15) is 11.6 Å². The highest BCUT2D eigenvalue weighted by molar-refractivity contribution is 7.92. The van der Waals surface area contributed by atoms with Crippen molar-refractivity contribution in [2.24, 2.45) is 5.73 Å². The first-order valence-corrected chi connectivity index (χ1v) is 11.2. The first-order chi connectivity index (χ1) is 15.2. The van der Waals surface area contributed by atoms with Crippen LogP contribution in [0.25, 0.3) is 0 Å². The number of benzene rings is 2. The predicted molar refractivity (Wildman–Crippen MR) is 123 cm³/mol. The fourth-order valence-corrected chi connectivity index (χ4v) is 3.98. The van der Waals surface area contributed by atoms with Crippen LogP contribution in [0.2, 0.25) is 0 Å². The van der Waals surface area contributed by atoms with E-state index in [9.17, 15) is 13.2 Å². The lowest BCUT2D eigenvalue weighted by molar-refractivity contribution is 0.0997. The van der Waals surface area contributed by atoms with Crippen LogP contribution in [0.1, 0.15) is 23.0 Å². The molecule has 2 aromatic carbocycles. The second-order valence-corrected chi connectivity index (χ2v) is 8.47. The molecule has 0 aliphatic rings. The van der Waals surface area contributed by atoms with Gasteiger partial charge in [-0.05, 0) is 56.3 Å². The molecule has 1 heterocycles. The molecule has 3 rings (SSSR count). The van der Waals surface area contributed by atoms with E-state index in [1.54, 1.807) is 30.3 Å². The fourth-order valence-electron chi connectivity index (χ4n) is 2.90. The third-order valence-corrected chi connectivity index (χ3v) is 5.72. The average molecular weight is 457 g/mol. The number of ether oxygens (including phenoxy) is 1. The Balaban J connectivity index is 1.77. The maximum absolute atomic E-state index is 12.7. The van der Waals surface area contributed by atoms with E-state index in [0.717, 1.165) is 5.69 Å². The van der Waals surface area contributed by atoms with E-state index in [-0.39, 0.29) is 16.2 Å². The van der Waals surface area contributed by atoms with E-state index in [2.05, 4.69) is 25.3 Å². The highest BCUT2D eigenvalue weighted by atomic mass is 32.2. The Morgan fingerprint density at radius 2 is 1.75 bits per heavy atom. The lowest BCUT2D eigenvalue weighted by Gasteiger charge is -2.12. The van der Waals surface area contributed by atoms with Crippen LogP contribution >= 0.6 is 0 Å². The Labute approximate surface area is 186 Å². The predicted octanol–water partition coefficient (Wildman–Crippen LogP) is 2.87. The van der Waals surface area contributed by atoms with Gasteiger partial charge in [0.15, 0.2) is 0 Å². The second-order valence-electron chi connectivity index (χ2n) is 6.78. The highest BCUT2D eigenvalue weighted by Gasteiger charge is 2.19. The Morgan fingerprint density at radius 3 is 2.38 bits per heavy atom. The van der Waals surface area contributed by atoms with Crippen LogP contribution in [0.4, 0.5) is 23.1 Å². The van der Waals surface area contributed by atoms with Crippen LogP contribution in [0, 0.1) is 6.92 Å². The van der Waals surface area contributed by atoms with Crippen LogP contribution in [-0.4, -0.2) is 37.9 Å². The number of amides is 1. The van der Waals surface area contributed by atoms with Crippen molar-refractivity contribution in [1.82, 2.24) is 9.97 Å². The minimum atomic E-state index is -3.95. The average Bonchev–Trinajstić information content (AvgIpc) is 2.74. The van der Waals surface area contributed by atoms with Crippen LogP contribution < -0.4 is 25.8 Å². The number of aromatic nitrogens is 2. The molecule has 0 spiro atoms. The molecular weight excluding hydrogens is 432 g/mol. The number of carbonyl (C=O) groups is 1. The summed E-state index contributed by atoms with van der Waals surface area (Å²) in [6, 6.07) is 12.3. The normalized spacial score (nSPS) is 11.0. The molecule has 1 amide bonds. The van der Waals surface area contributed by atoms with E-state index in [0.29, 0.717) is 29.7 Å². The van der Waals surface area contributed by atoms with Crippen LogP contribution in [0.3, 0.4) is 0 Å². The van der Waals surface area contributed by atoms with E-state index in [4.69, 9.17) is 10.5 Å². The molecule has 0 radical (unpaired) electrons. The standard InChI is InChI=1S/C21H24N6O4S/c1-4-23-21-24-13(2)11-19(26-21)25-14-5-7-15(8-6-14)27-32(29,30)16-9-10-18(31-3)17(12-16)20(22)28/h5-12,27H,4H2,1-3H3,(H2,22,28)(H2,23,24,25,26). The third-order valence-electron chi connectivity index (χ3n) is 4.35. The van der Waals surface area contributed by atoms with Crippen molar-refractivity contribution in [2.45, 2.75) is 18.7 Å². The van der Waals surface area contributed by atoms with Gasteiger partial charge in [-0.15, -0.1) is 0 Å². The van der Waals surface area contributed by atoms with Crippen LogP contribution in [0.15, 0.2) is 53.4 Å². The Kier molecular flexibility index (Phi) is 6.79. The van der Waals surface area contributed by atoms with Gasteiger partial charge >= 0.3 is 0 Å². The number of methoxy groups -OCH3 is 1. The van der Waals surface area contributed by atoms with Gasteiger partial charge in [0, 0.05) is 29.7 Å². The molecule has 11 heteroatoms. The van der Waals surface area contributed by atoms with Crippen molar-refractivity contribution in [3.05, 3.63) is 59.8 Å². The summed E-state index contributed by atoms with van der Waals surface area (Å²) in [4.78, 5) is 20.2. The second kappa shape index (κ2) is 9.52. The third kappa shape index (κ3) is 5.43. The number of nitrogens with zero attached hydrogens (tertiary/aromatic N) is 2. The summed E-state index contributed by atoms with van der Waals surface area (Å²) in [5.74, 6) is 0.545. The number of rotatable bonds is 9. The summed E-state index contributed by atoms with van der Waals surface area (Å²) in [6.07, 6.45) is 0. The van der Waals surface area contributed by atoms with Crippen molar-refractivity contribution >= 4 is 39.1 Å².